The minimum absolute atomic E-state index is 0. The predicted octanol–water partition coefficient (Wildman–Crippen LogP) is 5.16. The molecule has 0 bridgehead atoms. The van der Waals surface area contributed by atoms with Gasteiger partial charge in [-0.1, -0.05) is 69.9 Å². The molecule has 0 amide bonds. The zero-order chi connectivity index (χ0) is 13.9. The second-order valence-corrected chi connectivity index (χ2v) is 7.22. The van der Waals surface area contributed by atoms with Gasteiger partial charge in [0.05, 0.1) is 0 Å². The van der Waals surface area contributed by atoms with Crippen molar-refractivity contribution in [3.8, 4) is 0 Å². The fourth-order valence-corrected chi connectivity index (χ4v) is 4.57. The third-order valence-electron chi connectivity index (χ3n) is 5.44. The topological polar surface area (TPSA) is 12.0 Å². The van der Waals surface area contributed by atoms with Gasteiger partial charge in [0.1, 0.15) is 0 Å². The highest BCUT2D eigenvalue weighted by molar-refractivity contribution is 5.85. The van der Waals surface area contributed by atoms with Gasteiger partial charge in [-0.15, -0.1) is 12.4 Å². The van der Waals surface area contributed by atoms with Crippen LogP contribution in [0.15, 0.2) is 30.3 Å². The van der Waals surface area contributed by atoms with Crippen molar-refractivity contribution in [1.29, 1.82) is 0 Å². The van der Waals surface area contributed by atoms with Crippen molar-refractivity contribution in [2.45, 2.75) is 70.4 Å². The summed E-state index contributed by atoms with van der Waals surface area (Å²) in [4.78, 5) is 0. The Morgan fingerprint density at radius 1 is 0.952 bits per heavy atom. The van der Waals surface area contributed by atoms with Gasteiger partial charge in [0.25, 0.3) is 0 Å². The summed E-state index contributed by atoms with van der Waals surface area (Å²) in [5.41, 5.74) is 1.55. The third kappa shape index (κ3) is 4.02. The number of fused-ring (bicyclic) bond motifs is 1. The molecule has 118 valence electrons. The van der Waals surface area contributed by atoms with Crippen LogP contribution in [0, 0.1) is 11.8 Å². The number of hydrogen-bond donors (Lipinski definition) is 1. The maximum atomic E-state index is 3.86. The maximum Gasteiger partial charge on any atom is 0.0141 e. The molecule has 0 unspecified atom stereocenters. The van der Waals surface area contributed by atoms with Gasteiger partial charge in [0.2, 0.25) is 0 Å². The molecule has 0 aromatic heterocycles. The van der Waals surface area contributed by atoms with E-state index in [2.05, 4.69) is 49.5 Å². The molecule has 2 heteroatoms. The van der Waals surface area contributed by atoms with Crippen LogP contribution in [0.5, 0.6) is 0 Å². The van der Waals surface area contributed by atoms with Crippen LogP contribution >= 0.6 is 12.4 Å². The third-order valence-corrected chi connectivity index (χ3v) is 5.44. The maximum absolute atomic E-state index is 3.86. The van der Waals surface area contributed by atoms with Crippen molar-refractivity contribution in [2.24, 2.45) is 11.8 Å². The highest BCUT2D eigenvalue weighted by Crippen LogP contribution is 2.46. The molecular formula is C19H30ClN. The SMILES string of the molecule is CC(C)N[C@@H]1C[C@H]2CCCC[C@@H]2C[C@H]1c1ccccc1.Cl. The molecule has 0 saturated heterocycles. The van der Waals surface area contributed by atoms with E-state index in [1.165, 1.54) is 38.5 Å². The zero-order valence-electron chi connectivity index (χ0n) is 13.4. The van der Waals surface area contributed by atoms with E-state index < -0.39 is 0 Å². The quantitative estimate of drug-likeness (QED) is 0.813. The van der Waals surface area contributed by atoms with E-state index in [4.69, 9.17) is 0 Å². The van der Waals surface area contributed by atoms with E-state index in [0.717, 1.165) is 17.8 Å². The van der Waals surface area contributed by atoms with Gasteiger partial charge < -0.3 is 5.32 Å². The molecular weight excluding hydrogens is 278 g/mol. The standard InChI is InChI=1S/C19H29N.ClH/c1-14(2)20-19-13-17-11-7-6-10-16(17)12-18(19)15-8-4-3-5-9-15;/h3-5,8-9,14,16-20H,6-7,10-13H2,1-2H3;1H/t16-,17-,18+,19-;/m1./s1. The molecule has 1 N–H and O–H groups in total. The Balaban J connectivity index is 0.00000161. The number of halogens is 1. The predicted molar refractivity (Wildman–Crippen MR) is 93.2 cm³/mol. The van der Waals surface area contributed by atoms with Crippen LogP contribution in [-0.4, -0.2) is 12.1 Å². The van der Waals surface area contributed by atoms with Crippen molar-refractivity contribution in [3.05, 3.63) is 35.9 Å². The normalized spacial score (nSPS) is 32.3. The highest BCUT2D eigenvalue weighted by Gasteiger charge is 2.38. The lowest BCUT2D eigenvalue weighted by Crippen LogP contribution is -2.46. The Morgan fingerprint density at radius 3 is 2.19 bits per heavy atom. The lowest BCUT2D eigenvalue weighted by molar-refractivity contribution is 0.122. The van der Waals surface area contributed by atoms with Gasteiger partial charge in [-0.25, -0.2) is 0 Å². The fraction of sp³-hybridized carbons (Fsp3) is 0.684. The Morgan fingerprint density at radius 2 is 1.57 bits per heavy atom. The number of benzene rings is 1. The summed E-state index contributed by atoms with van der Waals surface area (Å²) in [6, 6.07) is 12.5. The Hall–Kier alpha value is -0.530. The fourth-order valence-electron chi connectivity index (χ4n) is 4.57. The summed E-state index contributed by atoms with van der Waals surface area (Å²) in [7, 11) is 0. The van der Waals surface area contributed by atoms with Crippen LogP contribution in [0.2, 0.25) is 0 Å². The summed E-state index contributed by atoms with van der Waals surface area (Å²) in [6.45, 7) is 4.57. The molecule has 0 heterocycles. The molecule has 0 radical (unpaired) electrons. The van der Waals surface area contributed by atoms with Crippen LogP contribution in [-0.2, 0) is 0 Å². The molecule has 2 aliphatic carbocycles. The van der Waals surface area contributed by atoms with E-state index in [9.17, 15) is 0 Å². The van der Waals surface area contributed by atoms with Gasteiger partial charge in [0, 0.05) is 12.1 Å². The summed E-state index contributed by atoms with van der Waals surface area (Å²) in [6.07, 6.45) is 8.67. The first kappa shape index (κ1) is 16.8. The Kier molecular flexibility index (Phi) is 6.13. The molecule has 1 aromatic carbocycles. The van der Waals surface area contributed by atoms with E-state index in [0.29, 0.717) is 12.1 Å². The molecule has 0 aliphatic heterocycles. The zero-order valence-corrected chi connectivity index (χ0v) is 14.2. The van der Waals surface area contributed by atoms with Gasteiger partial charge in [-0.2, -0.15) is 0 Å². The van der Waals surface area contributed by atoms with Gasteiger partial charge >= 0.3 is 0 Å². The first-order chi connectivity index (χ1) is 9.74. The first-order valence-corrected chi connectivity index (χ1v) is 8.55. The lowest BCUT2D eigenvalue weighted by Gasteiger charge is -2.45. The van der Waals surface area contributed by atoms with Crippen LogP contribution in [0.4, 0.5) is 0 Å². The van der Waals surface area contributed by atoms with Crippen molar-refractivity contribution < 1.29 is 0 Å². The summed E-state index contributed by atoms with van der Waals surface area (Å²) < 4.78 is 0. The second kappa shape index (κ2) is 7.65. The Labute approximate surface area is 136 Å². The van der Waals surface area contributed by atoms with Crippen LogP contribution in [0.25, 0.3) is 0 Å². The van der Waals surface area contributed by atoms with Crippen molar-refractivity contribution in [2.75, 3.05) is 0 Å². The van der Waals surface area contributed by atoms with Crippen molar-refractivity contribution in [1.82, 2.24) is 5.32 Å². The Bertz CT molecular complexity index is 417. The number of hydrogen-bond acceptors (Lipinski definition) is 1. The molecule has 3 rings (SSSR count). The first-order valence-electron chi connectivity index (χ1n) is 8.55. The monoisotopic (exact) mass is 307 g/mol. The average Bonchev–Trinajstić information content (AvgIpc) is 2.47. The van der Waals surface area contributed by atoms with Crippen LogP contribution in [0.3, 0.4) is 0 Å². The largest absolute Gasteiger partial charge is 0.311 e. The molecule has 2 fully saturated rings. The van der Waals surface area contributed by atoms with Crippen molar-refractivity contribution >= 4 is 12.4 Å². The molecule has 0 spiro atoms. The minimum Gasteiger partial charge on any atom is -0.311 e. The number of rotatable bonds is 3. The van der Waals surface area contributed by atoms with E-state index in [1.807, 2.05) is 0 Å². The lowest BCUT2D eigenvalue weighted by atomic mass is 9.64. The number of nitrogens with one attached hydrogen (secondary N) is 1. The summed E-state index contributed by atoms with van der Waals surface area (Å²) >= 11 is 0. The second-order valence-electron chi connectivity index (χ2n) is 7.22. The highest BCUT2D eigenvalue weighted by atomic mass is 35.5. The molecule has 21 heavy (non-hydrogen) atoms. The van der Waals surface area contributed by atoms with E-state index in [-0.39, 0.29) is 12.4 Å². The smallest absolute Gasteiger partial charge is 0.0141 e. The minimum atomic E-state index is 0. The average molecular weight is 308 g/mol. The van der Waals surface area contributed by atoms with Crippen molar-refractivity contribution in [3.63, 3.8) is 0 Å². The van der Waals surface area contributed by atoms with Crippen LogP contribution in [0.1, 0.15) is 63.9 Å². The summed E-state index contributed by atoms with van der Waals surface area (Å²) in [5, 5.41) is 3.86. The molecule has 2 saturated carbocycles. The molecule has 4 atom stereocenters. The molecule has 2 aliphatic rings. The van der Waals surface area contributed by atoms with E-state index in [1.54, 1.807) is 5.56 Å². The van der Waals surface area contributed by atoms with Gasteiger partial charge in [-0.3, -0.25) is 0 Å². The van der Waals surface area contributed by atoms with E-state index >= 15 is 0 Å². The van der Waals surface area contributed by atoms with Crippen LogP contribution < -0.4 is 5.32 Å². The summed E-state index contributed by atoms with van der Waals surface area (Å²) in [5.74, 6) is 2.69. The van der Waals surface area contributed by atoms with Gasteiger partial charge in [-0.05, 0) is 36.2 Å². The van der Waals surface area contributed by atoms with Gasteiger partial charge in [0.15, 0.2) is 0 Å². The molecule has 1 aromatic rings. The molecule has 1 nitrogen and oxygen atoms in total.